The summed E-state index contributed by atoms with van der Waals surface area (Å²) in [5.41, 5.74) is 1.44. The van der Waals surface area contributed by atoms with Gasteiger partial charge in [0.15, 0.2) is 0 Å². The Kier molecular flexibility index (Phi) is 8.02. The van der Waals surface area contributed by atoms with Crippen molar-refractivity contribution in [3.05, 3.63) is 59.7 Å². The van der Waals surface area contributed by atoms with Crippen molar-refractivity contribution in [1.82, 2.24) is 9.62 Å². The summed E-state index contributed by atoms with van der Waals surface area (Å²) in [5.74, 6) is 0.601. The van der Waals surface area contributed by atoms with Gasteiger partial charge in [-0.3, -0.25) is 4.79 Å². The van der Waals surface area contributed by atoms with E-state index < -0.39 is 10.0 Å². The van der Waals surface area contributed by atoms with Crippen molar-refractivity contribution < 1.29 is 17.9 Å². The number of hydrogen-bond acceptors (Lipinski definition) is 4. The predicted octanol–water partition coefficient (Wildman–Crippen LogP) is 3.09. The standard InChI is InChI=1S/C21H28N2O4S/c1-4-15-27-20-13-6-5-9-17(20)11-8-14-22-21(24)18-10-7-12-19(16-18)28(25,26)23(2)3/h5-7,9-10,12-13,16H,4,8,11,14-15H2,1-3H3,(H,22,24). The van der Waals surface area contributed by atoms with Crippen LogP contribution in [-0.4, -0.2) is 45.9 Å². The number of aryl methyl sites for hydroxylation is 1. The topological polar surface area (TPSA) is 75.7 Å². The molecule has 1 amide bonds. The Hall–Kier alpha value is -2.38. The number of carbonyl (C=O) groups excluding carboxylic acids is 1. The largest absolute Gasteiger partial charge is 0.493 e. The number of nitrogens with zero attached hydrogens (tertiary/aromatic N) is 1. The highest BCUT2D eigenvalue weighted by Crippen LogP contribution is 2.19. The van der Waals surface area contributed by atoms with Crippen LogP contribution in [0.4, 0.5) is 0 Å². The van der Waals surface area contributed by atoms with Crippen LogP contribution in [0.1, 0.15) is 35.7 Å². The van der Waals surface area contributed by atoms with E-state index in [1.807, 2.05) is 24.3 Å². The molecule has 0 aromatic heterocycles. The molecule has 0 radical (unpaired) electrons. The second-order valence-corrected chi connectivity index (χ2v) is 8.78. The molecule has 2 aromatic rings. The molecule has 0 aliphatic heterocycles. The van der Waals surface area contributed by atoms with Crippen LogP contribution in [0.25, 0.3) is 0 Å². The second-order valence-electron chi connectivity index (χ2n) is 6.63. The number of benzene rings is 2. The first-order chi connectivity index (χ1) is 13.4. The summed E-state index contributed by atoms with van der Waals surface area (Å²) >= 11 is 0. The molecule has 0 aliphatic carbocycles. The summed E-state index contributed by atoms with van der Waals surface area (Å²) in [7, 11) is -0.642. The summed E-state index contributed by atoms with van der Waals surface area (Å²) in [5, 5.41) is 2.85. The first-order valence-electron chi connectivity index (χ1n) is 9.37. The molecular formula is C21H28N2O4S. The summed E-state index contributed by atoms with van der Waals surface area (Å²) < 4.78 is 31.3. The van der Waals surface area contributed by atoms with E-state index in [-0.39, 0.29) is 10.8 Å². The van der Waals surface area contributed by atoms with Crippen molar-refractivity contribution in [2.24, 2.45) is 0 Å². The lowest BCUT2D eigenvalue weighted by Gasteiger charge is -2.13. The minimum Gasteiger partial charge on any atom is -0.493 e. The van der Waals surface area contributed by atoms with E-state index in [9.17, 15) is 13.2 Å². The molecule has 2 rings (SSSR count). The molecule has 2 aromatic carbocycles. The molecule has 0 heterocycles. The van der Waals surface area contributed by atoms with Crippen LogP contribution in [0.5, 0.6) is 5.75 Å². The Morgan fingerprint density at radius 3 is 2.57 bits per heavy atom. The summed E-state index contributed by atoms with van der Waals surface area (Å²) in [4.78, 5) is 12.5. The average molecular weight is 405 g/mol. The minimum atomic E-state index is -3.57. The van der Waals surface area contributed by atoms with Crippen LogP contribution < -0.4 is 10.1 Å². The third-order valence-corrected chi connectivity index (χ3v) is 6.03. The van der Waals surface area contributed by atoms with Crippen LogP contribution in [0.2, 0.25) is 0 Å². The van der Waals surface area contributed by atoms with Crippen molar-refractivity contribution in [3.8, 4) is 5.75 Å². The van der Waals surface area contributed by atoms with Gasteiger partial charge in [0.25, 0.3) is 5.91 Å². The van der Waals surface area contributed by atoms with Gasteiger partial charge in [-0.05, 0) is 49.1 Å². The lowest BCUT2D eigenvalue weighted by Crippen LogP contribution is -2.26. The van der Waals surface area contributed by atoms with Crippen LogP contribution in [0.15, 0.2) is 53.4 Å². The summed E-state index contributed by atoms with van der Waals surface area (Å²) in [6.07, 6.45) is 2.50. The van der Waals surface area contributed by atoms with Gasteiger partial charge in [0, 0.05) is 26.2 Å². The Morgan fingerprint density at radius 1 is 1.11 bits per heavy atom. The molecule has 0 saturated heterocycles. The smallest absolute Gasteiger partial charge is 0.251 e. The number of amides is 1. The molecule has 28 heavy (non-hydrogen) atoms. The number of ether oxygens (including phenoxy) is 1. The van der Waals surface area contributed by atoms with Gasteiger partial charge in [-0.1, -0.05) is 31.2 Å². The van der Waals surface area contributed by atoms with Crippen molar-refractivity contribution in [2.45, 2.75) is 31.1 Å². The minimum absolute atomic E-state index is 0.104. The maximum absolute atomic E-state index is 12.4. The van der Waals surface area contributed by atoms with Gasteiger partial charge in [-0.25, -0.2) is 12.7 Å². The van der Waals surface area contributed by atoms with E-state index in [2.05, 4.69) is 12.2 Å². The number of para-hydroxylation sites is 1. The SMILES string of the molecule is CCCOc1ccccc1CCCNC(=O)c1cccc(S(=O)(=O)N(C)C)c1. The van der Waals surface area contributed by atoms with E-state index in [1.54, 1.807) is 12.1 Å². The maximum Gasteiger partial charge on any atom is 0.251 e. The van der Waals surface area contributed by atoms with Gasteiger partial charge in [0.2, 0.25) is 10.0 Å². The van der Waals surface area contributed by atoms with Crippen LogP contribution in [0, 0.1) is 0 Å². The average Bonchev–Trinajstić information content (AvgIpc) is 2.70. The lowest BCUT2D eigenvalue weighted by atomic mass is 10.1. The Morgan fingerprint density at radius 2 is 1.86 bits per heavy atom. The zero-order chi connectivity index (χ0) is 20.6. The van der Waals surface area contributed by atoms with Crippen LogP contribution in [0.3, 0.4) is 0 Å². The molecule has 6 nitrogen and oxygen atoms in total. The zero-order valence-corrected chi connectivity index (χ0v) is 17.5. The Labute approximate surface area is 167 Å². The number of nitrogens with one attached hydrogen (secondary N) is 1. The zero-order valence-electron chi connectivity index (χ0n) is 16.6. The van der Waals surface area contributed by atoms with Crippen molar-refractivity contribution in [3.63, 3.8) is 0 Å². The van der Waals surface area contributed by atoms with Crippen LogP contribution in [-0.2, 0) is 16.4 Å². The molecule has 0 unspecified atom stereocenters. The fourth-order valence-electron chi connectivity index (χ4n) is 2.65. The molecule has 1 N–H and O–H groups in total. The van der Waals surface area contributed by atoms with E-state index in [0.717, 1.165) is 34.9 Å². The summed E-state index contributed by atoms with van der Waals surface area (Å²) in [6.45, 7) is 3.24. The number of hydrogen-bond donors (Lipinski definition) is 1. The number of sulfonamides is 1. The van der Waals surface area contributed by atoms with E-state index in [0.29, 0.717) is 18.7 Å². The molecule has 0 atom stereocenters. The van der Waals surface area contributed by atoms with E-state index in [1.165, 1.54) is 26.2 Å². The number of carbonyl (C=O) groups is 1. The highest BCUT2D eigenvalue weighted by molar-refractivity contribution is 7.89. The van der Waals surface area contributed by atoms with Crippen LogP contribution >= 0.6 is 0 Å². The molecule has 7 heteroatoms. The first-order valence-corrected chi connectivity index (χ1v) is 10.8. The van der Waals surface area contributed by atoms with E-state index >= 15 is 0 Å². The highest BCUT2D eigenvalue weighted by atomic mass is 32.2. The third-order valence-electron chi connectivity index (χ3n) is 4.22. The molecule has 0 saturated carbocycles. The van der Waals surface area contributed by atoms with Gasteiger partial charge >= 0.3 is 0 Å². The van der Waals surface area contributed by atoms with Crippen molar-refractivity contribution >= 4 is 15.9 Å². The Balaban J connectivity index is 1.92. The van der Waals surface area contributed by atoms with Gasteiger partial charge in [0.1, 0.15) is 5.75 Å². The van der Waals surface area contributed by atoms with Crippen molar-refractivity contribution in [2.75, 3.05) is 27.2 Å². The predicted molar refractivity (Wildman–Crippen MR) is 110 cm³/mol. The molecule has 0 fully saturated rings. The monoisotopic (exact) mass is 404 g/mol. The fraction of sp³-hybridized carbons (Fsp3) is 0.381. The Bertz CT molecular complexity index is 895. The van der Waals surface area contributed by atoms with E-state index in [4.69, 9.17) is 4.74 Å². The molecule has 0 bridgehead atoms. The second kappa shape index (κ2) is 10.2. The molecule has 152 valence electrons. The normalized spacial score (nSPS) is 11.4. The van der Waals surface area contributed by atoms with Gasteiger partial charge < -0.3 is 10.1 Å². The number of rotatable bonds is 10. The molecular weight excluding hydrogens is 376 g/mol. The highest BCUT2D eigenvalue weighted by Gasteiger charge is 2.18. The fourth-order valence-corrected chi connectivity index (χ4v) is 3.60. The maximum atomic E-state index is 12.4. The molecule has 0 aliphatic rings. The third kappa shape index (κ3) is 5.81. The van der Waals surface area contributed by atoms with Gasteiger partial charge in [0.05, 0.1) is 11.5 Å². The first kappa shape index (κ1) is 21.9. The van der Waals surface area contributed by atoms with Crippen molar-refractivity contribution in [1.29, 1.82) is 0 Å². The van der Waals surface area contributed by atoms with Gasteiger partial charge in [-0.2, -0.15) is 0 Å². The lowest BCUT2D eigenvalue weighted by molar-refractivity contribution is 0.0953. The summed E-state index contributed by atoms with van der Waals surface area (Å²) in [6, 6.07) is 14.0. The van der Waals surface area contributed by atoms with Gasteiger partial charge in [-0.15, -0.1) is 0 Å². The quantitative estimate of drug-likeness (QED) is 0.618. The molecule has 0 spiro atoms.